The van der Waals surface area contributed by atoms with Crippen LogP contribution in [0, 0.1) is 13.8 Å². The van der Waals surface area contributed by atoms with Gasteiger partial charge in [-0.05, 0) is 38.6 Å². The van der Waals surface area contributed by atoms with Crippen molar-refractivity contribution in [1.82, 2.24) is 30.1 Å². The minimum atomic E-state index is 0.126. The van der Waals surface area contributed by atoms with Crippen LogP contribution >= 0.6 is 11.6 Å². The minimum absolute atomic E-state index is 0.126. The fourth-order valence-electron chi connectivity index (χ4n) is 3.49. The van der Waals surface area contributed by atoms with Gasteiger partial charge in [0.15, 0.2) is 5.82 Å². The Morgan fingerprint density at radius 1 is 1.26 bits per heavy atom. The van der Waals surface area contributed by atoms with E-state index in [1.165, 1.54) is 0 Å². The number of halogens is 1. The largest absolute Gasteiger partial charge is 0.334 e. The van der Waals surface area contributed by atoms with Crippen LogP contribution in [0.2, 0.25) is 5.02 Å². The predicted molar refractivity (Wildman–Crippen MR) is 104 cm³/mol. The number of rotatable bonds is 4. The third kappa shape index (κ3) is 3.63. The summed E-state index contributed by atoms with van der Waals surface area (Å²) in [5.41, 5.74) is 3.94. The lowest BCUT2D eigenvalue weighted by atomic mass is 10.1. The zero-order valence-electron chi connectivity index (χ0n) is 15.7. The summed E-state index contributed by atoms with van der Waals surface area (Å²) in [7, 11) is 2.09. The molecule has 1 unspecified atom stereocenters. The first-order chi connectivity index (χ1) is 13.0. The quantitative estimate of drug-likeness (QED) is 0.743. The molecule has 3 aromatic rings. The number of likely N-dealkylation sites (N-methyl/N-ethyl adjacent to an activating group) is 1. The molecule has 7 nitrogen and oxygen atoms in total. The molecule has 0 radical (unpaired) electrons. The maximum atomic E-state index is 5.97. The number of piperazine rings is 1. The molecule has 8 heteroatoms. The first-order valence-corrected chi connectivity index (χ1v) is 9.44. The summed E-state index contributed by atoms with van der Waals surface area (Å²) in [6.07, 6.45) is 0. The minimum Gasteiger partial charge on any atom is -0.334 e. The van der Waals surface area contributed by atoms with Crippen LogP contribution in [0.5, 0.6) is 0 Å². The standard InChI is InChI=1S/C19H23ClN6O/c1-12-17(13(2)26(23-12)11-14-4-6-15(20)7-5-14)19-22-18(24-27-19)16-10-21-8-9-25(16)3/h4-7,16,21H,8-11H2,1-3H3. The van der Waals surface area contributed by atoms with Crippen molar-refractivity contribution in [1.29, 1.82) is 0 Å². The van der Waals surface area contributed by atoms with Gasteiger partial charge in [0.05, 0.1) is 23.8 Å². The number of nitrogens with one attached hydrogen (secondary N) is 1. The molecule has 1 saturated heterocycles. The molecule has 27 heavy (non-hydrogen) atoms. The smallest absolute Gasteiger partial charge is 0.261 e. The molecule has 0 saturated carbocycles. The second kappa shape index (κ2) is 7.42. The van der Waals surface area contributed by atoms with Gasteiger partial charge in [0.2, 0.25) is 0 Å². The van der Waals surface area contributed by atoms with E-state index in [0.717, 1.165) is 47.2 Å². The van der Waals surface area contributed by atoms with E-state index in [-0.39, 0.29) is 6.04 Å². The summed E-state index contributed by atoms with van der Waals surface area (Å²) < 4.78 is 7.57. The van der Waals surface area contributed by atoms with Crippen molar-refractivity contribution in [2.45, 2.75) is 26.4 Å². The lowest BCUT2D eigenvalue weighted by Crippen LogP contribution is -2.44. The normalized spacial score (nSPS) is 18.1. The van der Waals surface area contributed by atoms with Gasteiger partial charge < -0.3 is 9.84 Å². The maximum Gasteiger partial charge on any atom is 0.261 e. The predicted octanol–water partition coefficient (Wildman–Crippen LogP) is 2.83. The van der Waals surface area contributed by atoms with Crippen molar-refractivity contribution in [2.24, 2.45) is 0 Å². The monoisotopic (exact) mass is 386 g/mol. The average Bonchev–Trinajstić information content (AvgIpc) is 3.22. The number of nitrogens with zero attached hydrogens (tertiary/aromatic N) is 5. The van der Waals surface area contributed by atoms with Crippen molar-refractivity contribution in [3.8, 4) is 11.5 Å². The molecule has 1 atom stereocenters. The first-order valence-electron chi connectivity index (χ1n) is 9.06. The van der Waals surface area contributed by atoms with Gasteiger partial charge in [0.1, 0.15) is 0 Å². The molecule has 0 amide bonds. The Bertz CT molecular complexity index is 932. The van der Waals surface area contributed by atoms with Crippen LogP contribution in [0.3, 0.4) is 0 Å². The van der Waals surface area contributed by atoms with E-state index in [9.17, 15) is 0 Å². The fourth-order valence-corrected chi connectivity index (χ4v) is 3.62. The van der Waals surface area contributed by atoms with E-state index in [1.54, 1.807) is 0 Å². The highest BCUT2D eigenvalue weighted by molar-refractivity contribution is 6.30. The molecule has 1 N–H and O–H groups in total. The number of hydrogen-bond acceptors (Lipinski definition) is 6. The van der Waals surface area contributed by atoms with Gasteiger partial charge in [-0.1, -0.05) is 28.9 Å². The SMILES string of the molecule is Cc1nn(Cc2ccc(Cl)cc2)c(C)c1-c1nc(C2CNCCN2C)no1. The Balaban J connectivity index is 1.61. The van der Waals surface area contributed by atoms with Gasteiger partial charge >= 0.3 is 0 Å². The lowest BCUT2D eigenvalue weighted by Gasteiger charge is -2.30. The third-order valence-electron chi connectivity index (χ3n) is 5.09. The van der Waals surface area contributed by atoms with E-state index >= 15 is 0 Å². The van der Waals surface area contributed by atoms with Crippen molar-refractivity contribution in [3.63, 3.8) is 0 Å². The lowest BCUT2D eigenvalue weighted by molar-refractivity contribution is 0.190. The van der Waals surface area contributed by atoms with E-state index < -0.39 is 0 Å². The summed E-state index contributed by atoms with van der Waals surface area (Å²) in [4.78, 5) is 6.92. The Morgan fingerprint density at radius 2 is 2.04 bits per heavy atom. The van der Waals surface area contributed by atoms with Crippen LogP contribution < -0.4 is 5.32 Å². The molecule has 0 aliphatic carbocycles. The highest BCUT2D eigenvalue weighted by Crippen LogP contribution is 2.28. The Kier molecular flexibility index (Phi) is 4.99. The average molecular weight is 387 g/mol. The molecular weight excluding hydrogens is 364 g/mol. The van der Waals surface area contributed by atoms with Gasteiger partial charge in [-0.15, -0.1) is 0 Å². The molecule has 0 spiro atoms. The molecule has 1 aromatic carbocycles. The van der Waals surface area contributed by atoms with Gasteiger partial charge in [-0.25, -0.2) is 0 Å². The zero-order chi connectivity index (χ0) is 19.0. The number of benzene rings is 1. The van der Waals surface area contributed by atoms with E-state index in [4.69, 9.17) is 16.1 Å². The van der Waals surface area contributed by atoms with Crippen LogP contribution in [-0.2, 0) is 6.54 Å². The van der Waals surface area contributed by atoms with Crippen molar-refractivity contribution in [3.05, 3.63) is 52.1 Å². The van der Waals surface area contributed by atoms with Crippen LogP contribution in [0.4, 0.5) is 0 Å². The Hall–Kier alpha value is -2.22. The summed E-state index contributed by atoms with van der Waals surface area (Å²) in [6, 6.07) is 7.93. The molecule has 4 rings (SSSR count). The van der Waals surface area contributed by atoms with E-state index in [2.05, 4.69) is 32.5 Å². The highest BCUT2D eigenvalue weighted by atomic mass is 35.5. The van der Waals surface area contributed by atoms with Crippen LogP contribution in [0.15, 0.2) is 28.8 Å². The number of aryl methyl sites for hydroxylation is 1. The van der Waals surface area contributed by atoms with E-state index in [0.29, 0.717) is 18.3 Å². The van der Waals surface area contributed by atoms with Gasteiger partial charge in [0.25, 0.3) is 5.89 Å². The van der Waals surface area contributed by atoms with Crippen LogP contribution in [0.1, 0.15) is 28.8 Å². The second-order valence-electron chi connectivity index (χ2n) is 6.99. The van der Waals surface area contributed by atoms with Gasteiger partial charge in [0, 0.05) is 30.4 Å². The molecular formula is C19H23ClN6O. The van der Waals surface area contributed by atoms with Crippen LogP contribution in [0.25, 0.3) is 11.5 Å². The van der Waals surface area contributed by atoms with Gasteiger partial charge in [-0.3, -0.25) is 9.58 Å². The van der Waals surface area contributed by atoms with Crippen molar-refractivity contribution < 1.29 is 4.52 Å². The molecule has 0 bridgehead atoms. The summed E-state index contributed by atoms with van der Waals surface area (Å²) in [5, 5.41) is 13.0. The molecule has 3 heterocycles. The van der Waals surface area contributed by atoms with Crippen molar-refractivity contribution in [2.75, 3.05) is 26.7 Å². The third-order valence-corrected chi connectivity index (χ3v) is 5.34. The fraction of sp³-hybridized carbons (Fsp3) is 0.421. The number of aromatic nitrogens is 4. The Morgan fingerprint density at radius 3 is 2.78 bits per heavy atom. The van der Waals surface area contributed by atoms with Gasteiger partial charge in [-0.2, -0.15) is 10.1 Å². The van der Waals surface area contributed by atoms with E-state index in [1.807, 2.05) is 42.8 Å². The summed E-state index contributed by atoms with van der Waals surface area (Å²) in [5.74, 6) is 1.24. The molecule has 1 fully saturated rings. The molecule has 142 valence electrons. The summed E-state index contributed by atoms with van der Waals surface area (Å²) in [6.45, 7) is 7.44. The second-order valence-corrected chi connectivity index (χ2v) is 7.42. The van der Waals surface area contributed by atoms with Crippen molar-refractivity contribution >= 4 is 11.6 Å². The maximum absolute atomic E-state index is 5.97. The molecule has 1 aliphatic rings. The molecule has 2 aromatic heterocycles. The van der Waals surface area contributed by atoms with Crippen LogP contribution in [-0.4, -0.2) is 51.5 Å². The highest BCUT2D eigenvalue weighted by Gasteiger charge is 2.27. The Labute approximate surface area is 163 Å². The zero-order valence-corrected chi connectivity index (χ0v) is 16.5. The number of hydrogen-bond donors (Lipinski definition) is 1. The molecule has 1 aliphatic heterocycles. The topological polar surface area (TPSA) is 72.0 Å². The summed E-state index contributed by atoms with van der Waals surface area (Å²) >= 11 is 5.97. The first kappa shape index (κ1) is 18.2.